The summed E-state index contributed by atoms with van der Waals surface area (Å²) in [7, 11) is -3.35. The second-order valence-corrected chi connectivity index (χ2v) is 7.78. The first kappa shape index (κ1) is 16.7. The first-order valence-electron chi connectivity index (χ1n) is 7.51. The van der Waals surface area contributed by atoms with Gasteiger partial charge in [0.15, 0.2) is 0 Å². The Hall–Kier alpha value is -1.62. The van der Waals surface area contributed by atoms with E-state index in [9.17, 15) is 8.42 Å². The first-order chi connectivity index (χ1) is 10.2. The van der Waals surface area contributed by atoms with E-state index in [4.69, 9.17) is 0 Å². The summed E-state index contributed by atoms with van der Waals surface area (Å²) >= 11 is 0. The number of nitrogens with zero attached hydrogens (tertiary/aromatic N) is 1. The lowest BCUT2D eigenvalue weighted by Gasteiger charge is -2.23. The van der Waals surface area contributed by atoms with Crippen molar-refractivity contribution in [1.82, 2.24) is 0 Å². The van der Waals surface area contributed by atoms with E-state index in [0.717, 1.165) is 42.5 Å². The molecule has 0 aliphatic heterocycles. The van der Waals surface area contributed by atoms with Gasteiger partial charge in [-0.05, 0) is 63.7 Å². The molecule has 0 heterocycles. The standard InChI is InChI=1S/C17H24N2O2S/c1-11-9-12(2)17(13(3)10-11)18-15-7-6-8-16(14(15)4)19-22(5,20)21/h9-10,18H,6-8H2,1-5H3. The van der Waals surface area contributed by atoms with Gasteiger partial charge in [-0.2, -0.15) is 4.40 Å². The lowest BCUT2D eigenvalue weighted by molar-refractivity contribution is 0.603. The molecule has 1 N–H and O–H groups in total. The Morgan fingerprint density at radius 3 is 2.18 bits per heavy atom. The fraction of sp³-hybridized carbons (Fsp3) is 0.471. The van der Waals surface area contributed by atoms with Crippen LogP contribution in [0.1, 0.15) is 42.9 Å². The third kappa shape index (κ3) is 3.97. The van der Waals surface area contributed by atoms with Crippen LogP contribution in [0.2, 0.25) is 0 Å². The molecule has 2 rings (SSSR count). The summed E-state index contributed by atoms with van der Waals surface area (Å²) in [6.07, 6.45) is 3.69. The van der Waals surface area contributed by atoms with Crippen molar-refractivity contribution in [3.05, 3.63) is 40.1 Å². The van der Waals surface area contributed by atoms with E-state index in [2.05, 4.69) is 42.6 Å². The third-order valence-electron chi connectivity index (χ3n) is 3.95. The van der Waals surface area contributed by atoms with Crippen molar-refractivity contribution in [3.8, 4) is 0 Å². The molecule has 1 aromatic carbocycles. The summed E-state index contributed by atoms with van der Waals surface area (Å²) in [5, 5.41) is 3.51. The molecule has 0 saturated heterocycles. The number of rotatable bonds is 3. The van der Waals surface area contributed by atoms with Gasteiger partial charge in [-0.15, -0.1) is 0 Å². The van der Waals surface area contributed by atoms with Crippen LogP contribution in [0.25, 0.3) is 0 Å². The molecule has 0 fully saturated rings. The third-order valence-corrected chi connectivity index (χ3v) is 4.51. The second-order valence-electron chi connectivity index (χ2n) is 6.13. The van der Waals surface area contributed by atoms with Crippen molar-refractivity contribution in [2.24, 2.45) is 4.40 Å². The maximum absolute atomic E-state index is 11.4. The lowest BCUT2D eigenvalue weighted by Crippen LogP contribution is -2.17. The zero-order valence-electron chi connectivity index (χ0n) is 13.9. The van der Waals surface area contributed by atoms with Crippen LogP contribution in [0.5, 0.6) is 0 Å². The Morgan fingerprint density at radius 1 is 1.05 bits per heavy atom. The second kappa shape index (κ2) is 6.24. The molecule has 0 spiro atoms. The number of benzene rings is 1. The predicted octanol–water partition coefficient (Wildman–Crippen LogP) is 3.88. The zero-order valence-corrected chi connectivity index (χ0v) is 14.8. The molecule has 0 aromatic heterocycles. The maximum Gasteiger partial charge on any atom is 0.250 e. The predicted molar refractivity (Wildman–Crippen MR) is 93.1 cm³/mol. The van der Waals surface area contributed by atoms with E-state index < -0.39 is 10.0 Å². The average Bonchev–Trinajstić information content (AvgIpc) is 2.36. The number of anilines is 1. The normalized spacial score (nSPS) is 18.0. The maximum atomic E-state index is 11.4. The highest BCUT2D eigenvalue weighted by atomic mass is 32.2. The molecule has 0 unspecified atom stereocenters. The van der Waals surface area contributed by atoms with E-state index in [1.54, 1.807) is 0 Å². The highest BCUT2D eigenvalue weighted by molar-refractivity contribution is 7.89. The van der Waals surface area contributed by atoms with Gasteiger partial charge in [-0.1, -0.05) is 17.7 Å². The number of sulfonamides is 1. The summed E-state index contributed by atoms with van der Waals surface area (Å²) in [5.74, 6) is 0. The molecule has 0 radical (unpaired) electrons. The summed E-state index contributed by atoms with van der Waals surface area (Å²) in [4.78, 5) is 0. The van der Waals surface area contributed by atoms with Crippen LogP contribution >= 0.6 is 0 Å². The van der Waals surface area contributed by atoms with Gasteiger partial charge in [-0.3, -0.25) is 0 Å². The molecular weight excluding hydrogens is 296 g/mol. The topological polar surface area (TPSA) is 58.5 Å². The fourth-order valence-electron chi connectivity index (χ4n) is 2.98. The van der Waals surface area contributed by atoms with E-state index in [0.29, 0.717) is 5.71 Å². The van der Waals surface area contributed by atoms with Gasteiger partial charge in [0.05, 0.1) is 12.0 Å². The average molecular weight is 320 g/mol. The molecular formula is C17H24N2O2S. The number of hydrogen-bond donors (Lipinski definition) is 1. The molecule has 5 heteroatoms. The van der Waals surface area contributed by atoms with E-state index in [-0.39, 0.29) is 0 Å². The Morgan fingerprint density at radius 2 is 1.64 bits per heavy atom. The lowest BCUT2D eigenvalue weighted by atomic mass is 9.94. The monoisotopic (exact) mass is 320 g/mol. The molecule has 0 saturated carbocycles. The van der Waals surface area contributed by atoms with Crippen molar-refractivity contribution in [1.29, 1.82) is 0 Å². The van der Waals surface area contributed by atoms with Crippen molar-refractivity contribution in [3.63, 3.8) is 0 Å². The first-order valence-corrected chi connectivity index (χ1v) is 9.36. The minimum Gasteiger partial charge on any atom is -0.358 e. The van der Waals surface area contributed by atoms with Gasteiger partial charge in [-0.25, -0.2) is 8.42 Å². The van der Waals surface area contributed by atoms with Gasteiger partial charge in [0.1, 0.15) is 0 Å². The zero-order chi connectivity index (χ0) is 16.5. The number of allylic oxidation sites excluding steroid dienone is 2. The molecule has 0 bridgehead atoms. The quantitative estimate of drug-likeness (QED) is 0.919. The molecule has 22 heavy (non-hydrogen) atoms. The molecule has 120 valence electrons. The minimum atomic E-state index is -3.35. The van der Waals surface area contributed by atoms with Gasteiger partial charge >= 0.3 is 0 Å². The number of hydrogen-bond acceptors (Lipinski definition) is 3. The number of aryl methyl sites for hydroxylation is 3. The highest BCUT2D eigenvalue weighted by Gasteiger charge is 2.18. The Bertz CT molecular complexity index is 736. The van der Waals surface area contributed by atoms with Gasteiger partial charge in [0.25, 0.3) is 0 Å². The van der Waals surface area contributed by atoms with Crippen LogP contribution in [0, 0.1) is 20.8 Å². The molecule has 1 aliphatic rings. The van der Waals surface area contributed by atoms with Crippen molar-refractivity contribution in [2.45, 2.75) is 47.0 Å². The van der Waals surface area contributed by atoms with Crippen LogP contribution in [0.15, 0.2) is 27.8 Å². The van der Waals surface area contributed by atoms with Gasteiger partial charge < -0.3 is 5.32 Å². The van der Waals surface area contributed by atoms with Crippen molar-refractivity contribution < 1.29 is 8.42 Å². The minimum absolute atomic E-state index is 0.679. The van der Waals surface area contributed by atoms with E-state index in [1.165, 1.54) is 16.7 Å². The highest BCUT2D eigenvalue weighted by Crippen LogP contribution is 2.29. The van der Waals surface area contributed by atoms with E-state index in [1.807, 2.05) is 6.92 Å². The Labute approximate surface area is 133 Å². The number of nitrogens with one attached hydrogen (secondary N) is 1. The summed E-state index contributed by atoms with van der Waals surface area (Å²) < 4.78 is 26.7. The fourth-order valence-corrected chi connectivity index (χ4v) is 3.61. The largest absolute Gasteiger partial charge is 0.358 e. The molecule has 0 atom stereocenters. The molecule has 1 aliphatic carbocycles. The summed E-state index contributed by atoms with van der Waals surface area (Å²) in [6.45, 7) is 8.22. The van der Waals surface area contributed by atoms with Crippen LogP contribution < -0.4 is 5.32 Å². The van der Waals surface area contributed by atoms with Crippen molar-refractivity contribution in [2.75, 3.05) is 11.6 Å². The summed E-state index contributed by atoms with van der Waals surface area (Å²) in [5.41, 5.74) is 7.46. The summed E-state index contributed by atoms with van der Waals surface area (Å²) in [6, 6.07) is 4.30. The Balaban J connectivity index is 2.41. The van der Waals surface area contributed by atoms with Gasteiger partial charge in [0.2, 0.25) is 10.0 Å². The van der Waals surface area contributed by atoms with Crippen LogP contribution in [-0.4, -0.2) is 20.4 Å². The van der Waals surface area contributed by atoms with Crippen LogP contribution in [-0.2, 0) is 10.0 Å². The van der Waals surface area contributed by atoms with Gasteiger partial charge in [0, 0.05) is 11.4 Å². The molecule has 4 nitrogen and oxygen atoms in total. The van der Waals surface area contributed by atoms with E-state index >= 15 is 0 Å². The van der Waals surface area contributed by atoms with Crippen molar-refractivity contribution >= 4 is 21.4 Å². The molecule has 1 aromatic rings. The SMILES string of the molecule is CC1=C(Nc2c(C)cc(C)cc2C)CCCC1=NS(C)(=O)=O. The smallest absolute Gasteiger partial charge is 0.250 e. The van der Waals surface area contributed by atoms with Crippen LogP contribution in [0.4, 0.5) is 5.69 Å². The molecule has 0 amide bonds. The Kier molecular flexibility index (Phi) is 4.75. The van der Waals surface area contributed by atoms with Crippen LogP contribution in [0.3, 0.4) is 0 Å².